The van der Waals surface area contributed by atoms with E-state index in [2.05, 4.69) is 22.4 Å². The number of halogens is 1. The van der Waals surface area contributed by atoms with Crippen molar-refractivity contribution >= 4 is 11.6 Å². The second-order valence-electron chi connectivity index (χ2n) is 13.7. The fourth-order valence-corrected chi connectivity index (χ4v) is 8.10. The molecule has 4 bridgehead atoms. The van der Waals surface area contributed by atoms with E-state index in [0.29, 0.717) is 35.5 Å². The van der Waals surface area contributed by atoms with Crippen molar-refractivity contribution in [2.45, 2.75) is 108 Å². The van der Waals surface area contributed by atoms with Gasteiger partial charge in [-0.1, -0.05) is 18.1 Å². The Hall–Kier alpha value is -3.03. The van der Waals surface area contributed by atoms with Crippen LogP contribution >= 0.6 is 0 Å². The van der Waals surface area contributed by atoms with Crippen molar-refractivity contribution in [3.63, 3.8) is 0 Å². The van der Waals surface area contributed by atoms with E-state index in [0.717, 1.165) is 87.9 Å². The number of carbonyl (C=O) groups excluding carboxylic acids is 1. The molecule has 7 saturated carbocycles. The van der Waals surface area contributed by atoms with Gasteiger partial charge in [-0.25, -0.2) is 9.37 Å². The van der Waals surface area contributed by atoms with Gasteiger partial charge in [-0.15, -0.1) is 0 Å². The zero-order chi connectivity index (χ0) is 27.1. The van der Waals surface area contributed by atoms with Gasteiger partial charge in [0.25, 0.3) is 0 Å². The summed E-state index contributed by atoms with van der Waals surface area (Å²) in [7, 11) is 0. The van der Waals surface area contributed by atoms with Crippen molar-refractivity contribution in [3.05, 3.63) is 47.3 Å². The Bertz CT molecular complexity index is 1450. The van der Waals surface area contributed by atoms with E-state index in [4.69, 9.17) is 13.9 Å². The summed E-state index contributed by atoms with van der Waals surface area (Å²) in [6, 6.07) is 3.76. The number of oxazole rings is 1. The average Bonchev–Trinajstić information content (AvgIpc) is 3.44. The molecule has 0 unspecified atom stereocenters. The number of rotatable bonds is 9. The smallest absolute Gasteiger partial charge is 0.232 e. The molecule has 0 aliphatic heterocycles. The first-order valence-corrected chi connectivity index (χ1v) is 15.3. The van der Waals surface area contributed by atoms with Crippen molar-refractivity contribution in [3.8, 4) is 11.3 Å². The molecule has 1 aromatic carbocycles. The van der Waals surface area contributed by atoms with Gasteiger partial charge in [-0.3, -0.25) is 4.79 Å². The number of fused-ring (bicyclic) bond motifs is 3. The summed E-state index contributed by atoms with van der Waals surface area (Å²) in [6.07, 6.45) is 15.4. The molecule has 0 atom stereocenters. The van der Waals surface area contributed by atoms with Crippen LogP contribution in [0.4, 0.5) is 10.1 Å². The minimum Gasteiger partial charge on any atom is -0.441 e. The molecule has 0 saturated heterocycles. The second-order valence-corrected chi connectivity index (χ2v) is 13.7. The van der Waals surface area contributed by atoms with E-state index in [1.165, 1.54) is 12.8 Å². The lowest BCUT2D eigenvalue weighted by molar-refractivity contribution is -0.158. The summed E-state index contributed by atoms with van der Waals surface area (Å²) < 4.78 is 28.2. The minimum atomic E-state index is -0.410. The molecule has 40 heavy (non-hydrogen) atoms. The molecule has 10 rings (SSSR count). The fraction of sp³-hybridized carbons (Fsp3) is 0.625. The standard InChI is InChI=1S/C32H37FN4O3/c1-2-3-24-34-18-23(39-24)25-21(6-7-22(26(25)33)35-28(38)32-14-19(15-32)16-32)17-30-8-11-31(12-9-30,13-10-30)29-36-27(37-40-29)20-4-5-20/h6-7,18-20H,2-5,8-17H2,1H3,(H,35,38). The molecule has 7 nitrogen and oxygen atoms in total. The Labute approximate surface area is 233 Å². The Morgan fingerprint density at radius 2 is 1.85 bits per heavy atom. The van der Waals surface area contributed by atoms with E-state index in [1.54, 1.807) is 12.3 Å². The molecular weight excluding hydrogens is 507 g/mol. The van der Waals surface area contributed by atoms with Crippen molar-refractivity contribution in [2.75, 3.05) is 5.32 Å². The highest BCUT2D eigenvalue weighted by Crippen LogP contribution is 2.65. The quantitative estimate of drug-likeness (QED) is 0.305. The Morgan fingerprint density at radius 1 is 1.10 bits per heavy atom. The largest absolute Gasteiger partial charge is 0.441 e. The van der Waals surface area contributed by atoms with Crippen LogP contribution in [0, 0.1) is 22.6 Å². The minimum absolute atomic E-state index is 0.00836. The molecule has 8 heteroatoms. The van der Waals surface area contributed by atoms with Gasteiger partial charge in [0.1, 0.15) is 0 Å². The number of amides is 1. The number of benzene rings is 1. The second kappa shape index (κ2) is 8.73. The van der Waals surface area contributed by atoms with Crippen molar-refractivity contribution in [1.29, 1.82) is 0 Å². The van der Waals surface area contributed by atoms with Gasteiger partial charge < -0.3 is 14.3 Å². The number of nitrogens with zero attached hydrogens (tertiary/aromatic N) is 3. The normalized spacial score (nSPS) is 32.0. The zero-order valence-corrected chi connectivity index (χ0v) is 23.2. The van der Waals surface area contributed by atoms with Crippen LogP contribution in [0.25, 0.3) is 11.3 Å². The molecule has 210 valence electrons. The van der Waals surface area contributed by atoms with Crippen LogP contribution < -0.4 is 5.32 Å². The number of hydrogen-bond acceptors (Lipinski definition) is 6. The molecule has 7 aliphatic carbocycles. The van der Waals surface area contributed by atoms with Gasteiger partial charge >= 0.3 is 0 Å². The molecule has 0 radical (unpaired) electrons. The molecule has 1 amide bonds. The molecule has 2 aromatic heterocycles. The monoisotopic (exact) mass is 544 g/mol. The first kappa shape index (κ1) is 24.7. The summed E-state index contributed by atoms with van der Waals surface area (Å²) in [5.41, 5.74) is 1.45. The van der Waals surface area contributed by atoms with E-state index in [1.807, 2.05) is 6.07 Å². The third kappa shape index (κ3) is 3.81. The topological polar surface area (TPSA) is 94.0 Å². The van der Waals surface area contributed by atoms with E-state index >= 15 is 4.39 Å². The van der Waals surface area contributed by atoms with Crippen molar-refractivity contribution in [1.82, 2.24) is 15.1 Å². The third-order valence-electron chi connectivity index (χ3n) is 11.1. The van der Waals surface area contributed by atoms with Crippen LogP contribution in [-0.2, 0) is 23.1 Å². The summed E-state index contributed by atoms with van der Waals surface area (Å²) in [4.78, 5) is 22.3. The van der Waals surface area contributed by atoms with E-state index < -0.39 is 5.82 Å². The Kier molecular flexibility index (Phi) is 5.40. The van der Waals surface area contributed by atoms with Crippen LogP contribution in [0.1, 0.15) is 113 Å². The van der Waals surface area contributed by atoms with Crippen LogP contribution in [0.5, 0.6) is 0 Å². The molecule has 2 heterocycles. The maximum Gasteiger partial charge on any atom is 0.232 e. The zero-order valence-electron chi connectivity index (χ0n) is 23.2. The lowest BCUT2D eigenvalue weighted by Gasteiger charge is -2.60. The fourth-order valence-electron chi connectivity index (χ4n) is 8.10. The molecule has 7 fully saturated rings. The summed E-state index contributed by atoms with van der Waals surface area (Å²) >= 11 is 0. The summed E-state index contributed by atoms with van der Waals surface area (Å²) in [6.45, 7) is 2.07. The van der Waals surface area contributed by atoms with Gasteiger partial charge in [-0.05, 0) is 106 Å². The number of aryl methyl sites for hydroxylation is 1. The lowest BCUT2D eigenvalue weighted by Crippen LogP contribution is -2.58. The highest BCUT2D eigenvalue weighted by Gasteiger charge is 2.61. The van der Waals surface area contributed by atoms with Gasteiger partial charge in [0.05, 0.1) is 22.9 Å². The SMILES string of the molecule is CCCc1ncc(-c2c(CC34CCC(c5nc(C6CC6)no5)(CC3)CC4)ccc(NC(=O)C34CC(C3)C4)c2F)o1. The van der Waals surface area contributed by atoms with Gasteiger partial charge in [0.15, 0.2) is 23.3 Å². The molecule has 0 spiro atoms. The van der Waals surface area contributed by atoms with E-state index in [9.17, 15) is 4.79 Å². The van der Waals surface area contributed by atoms with Crippen molar-refractivity contribution in [2.24, 2.45) is 16.7 Å². The first-order chi connectivity index (χ1) is 19.4. The third-order valence-corrected chi connectivity index (χ3v) is 11.1. The molecular formula is C32H37FN4O3. The Morgan fingerprint density at radius 3 is 2.50 bits per heavy atom. The summed E-state index contributed by atoms with van der Waals surface area (Å²) in [5, 5.41) is 7.23. The van der Waals surface area contributed by atoms with Gasteiger partial charge in [0.2, 0.25) is 11.8 Å². The van der Waals surface area contributed by atoms with Crippen LogP contribution in [0.15, 0.2) is 27.3 Å². The van der Waals surface area contributed by atoms with Crippen LogP contribution in [0.2, 0.25) is 0 Å². The highest BCUT2D eigenvalue weighted by molar-refractivity contribution is 5.98. The first-order valence-electron chi connectivity index (χ1n) is 15.3. The lowest BCUT2D eigenvalue weighted by atomic mass is 9.44. The van der Waals surface area contributed by atoms with Crippen LogP contribution in [0.3, 0.4) is 0 Å². The van der Waals surface area contributed by atoms with E-state index in [-0.39, 0.29) is 27.8 Å². The number of nitrogens with one attached hydrogen (secondary N) is 1. The number of anilines is 1. The maximum atomic E-state index is 16.3. The Balaban J connectivity index is 1.07. The number of aromatic nitrogens is 3. The number of carbonyl (C=O) groups is 1. The van der Waals surface area contributed by atoms with Crippen LogP contribution in [-0.4, -0.2) is 21.0 Å². The molecule has 3 aromatic rings. The maximum absolute atomic E-state index is 16.3. The highest BCUT2D eigenvalue weighted by atomic mass is 19.1. The predicted octanol–water partition coefficient (Wildman–Crippen LogP) is 7.27. The molecule has 1 N–H and O–H groups in total. The predicted molar refractivity (Wildman–Crippen MR) is 146 cm³/mol. The van der Waals surface area contributed by atoms with Crippen molar-refractivity contribution < 1.29 is 18.1 Å². The molecule has 7 aliphatic rings. The number of hydrogen-bond donors (Lipinski definition) is 1. The van der Waals surface area contributed by atoms with Gasteiger partial charge in [-0.2, -0.15) is 4.98 Å². The summed E-state index contributed by atoms with van der Waals surface area (Å²) in [5.74, 6) is 3.52. The van der Waals surface area contributed by atoms with Gasteiger partial charge in [0, 0.05) is 17.8 Å². The average molecular weight is 545 g/mol.